The van der Waals surface area contributed by atoms with Crippen molar-refractivity contribution in [2.45, 2.75) is 0 Å². The van der Waals surface area contributed by atoms with Gasteiger partial charge in [-0.3, -0.25) is 0 Å². The van der Waals surface area contributed by atoms with Crippen molar-refractivity contribution in [2.75, 3.05) is 17.7 Å². The van der Waals surface area contributed by atoms with Gasteiger partial charge >= 0.3 is 0 Å². The molecular weight excluding hydrogens is 238 g/mol. The summed E-state index contributed by atoms with van der Waals surface area (Å²) in [5.74, 6) is 1.56. The Morgan fingerprint density at radius 1 is 1.11 bits per heavy atom. The van der Waals surface area contributed by atoms with Crippen molar-refractivity contribution in [3.8, 4) is 0 Å². The summed E-state index contributed by atoms with van der Waals surface area (Å²) in [6.45, 7) is 0. The Morgan fingerprint density at radius 3 is 2.74 bits per heavy atom. The maximum Gasteiger partial charge on any atom is 0.135 e. The van der Waals surface area contributed by atoms with Crippen LogP contribution in [-0.2, 0) is 7.05 Å². The van der Waals surface area contributed by atoms with Gasteiger partial charge in [0.2, 0.25) is 0 Å². The molecule has 0 bridgehead atoms. The lowest BCUT2D eigenvalue weighted by Gasteiger charge is -2.05. The molecule has 0 fully saturated rings. The predicted octanol–water partition coefficient (Wildman–Crippen LogP) is 2.75. The number of fused-ring (bicyclic) bond motifs is 1. The van der Waals surface area contributed by atoms with Gasteiger partial charge in [0.15, 0.2) is 0 Å². The Balaban J connectivity index is 2.01. The van der Waals surface area contributed by atoms with Crippen molar-refractivity contribution in [3.63, 3.8) is 0 Å². The molecule has 2 heterocycles. The van der Waals surface area contributed by atoms with Crippen LogP contribution in [0.4, 0.5) is 17.3 Å². The van der Waals surface area contributed by atoms with Crippen LogP contribution in [0.3, 0.4) is 0 Å². The molecule has 3 aromatic rings. The molecule has 96 valence electrons. The van der Waals surface area contributed by atoms with E-state index in [0.717, 1.165) is 17.3 Å². The first-order valence-corrected chi connectivity index (χ1v) is 6.09. The van der Waals surface area contributed by atoms with Crippen molar-refractivity contribution < 1.29 is 0 Å². The highest BCUT2D eigenvalue weighted by Crippen LogP contribution is 2.27. The van der Waals surface area contributed by atoms with Gasteiger partial charge in [0, 0.05) is 37.3 Å². The fourth-order valence-corrected chi connectivity index (χ4v) is 2.14. The molecule has 0 aliphatic heterocycles. The summed E-state index contributed by atoms with van der Waals surface area (Å²) < 4.78 is 2.10. The van der Waals surface area contributed by atoms with E-state index in [0.29, 0.717) is 0 Å². The highest BCUT2D eigenvalue weighted by Gasteiger charge is 2.06. The molecule has 1 aromatic carbocycles. The molecule has 0 aliphatic rings. The van der Waals surface area contributed by atoms with E-state index < -0.39 is 0 Å². The lowest BCUT2D eigenvalue weighted by Crippen LogP contribution is -1.97. The zero-order valence-electron chi connectivity index (χ0n) is 10.9. The lowest BCUT2D eigenvalue weighted by molar-refractivity contribution is 0.970. The van der Waals surface area contributed by atoms with Gasteiger partial charge in [0.05, 0.1) is 5.69 Å². The summed E-state index contributed by atoms with van der Waals surface area (Å²) in [4.78, 5) is 8.33. The fraction of sp³-hybridized carbons (Fsp3) is 0.143. The standard InChI is InChI=1S/C14H15N5/c1-15-13-7-14(17-9-16-13)18-11-8-19(2)12-6-4-3-5-10(11)12/h3-9H,1-2H3,(H2,15,16,17,18). The first-order chi connectivity index (χ1) is 9.28. The molecule has 0 amide bonds. The lowest BCUT2D eigenvalue weighted by atomic mass is 10.2. The van der Waals surface area contributed by atoms with Crippen LogP contribution < -0.4 is 10.6 Å². The molecule has 0 spiro atoms. The average molecular weight is 253 g/mol. The number of nitrogens with zero attached hydrogens (tertiary/aromatic N) is 3. The maximum atomic E-state index is 4.23. The number of aromatic nitrogens is 3. The largest absolute Gasteiger partial charge is 0.373 e. The molecule has 19 heavy (non-hydrogen) atoms. The van der Waals surface area contributed by atoms with E-state index >= 15 is 0 Å². The number of aryl methyl sites for hydroxylation is 1. The topological polar surface area (TPSA) is 54.8 Å². The highest BCUT2D eigenvalue weighted by molar-refractivity contribution is 5.94. The number of benzene rings is 1. The minimum atomic E-state index is 0.774. The molecule has 2 aromatic heterocycles. The van der Waals surface area contributed by atoms with Gasteiger partial charge in [0.1, 0.15) is 18.0 Å². The van der Waals surface area contributed by atoms with Crippen LogP contribution in [0.2, 0.25) is 0 Å². The molecule has 0 unspecified atom stereocenters. The number of hydrogen-bond donors (Lipinski definition) is 2. The third-order valence-corrected chi connectivity index (χ3v) is 3.08. The molecule has 0 atom stereocenters. The molecule has 5 nitrogen and oxygen atoms in total. The van der Waals surface area contributed by atoms with E-state index in [-0.39, 0.29) is 0 Å². The number of para-hydroxylation sites is 1. The van der Waals surface area contributed by atoms with Crippen LogP contribution in [0.25, 0.3) is 10.9 Å². The van der Waals surface area contributed by atoms with Crippen LogP contribution in [0, 0.1) is 0 Å². The first kappa shape index (κ1) is 11.5. The second-order valence-corrected chi connectivity index (χ2v) is 4.33. The van der Waals surface area contributed by atoms with Crippen molar-refractivity contribution in [1.82, 2.24) is 14.5 Å². The number of nitrogens with one attached hydrogen (secondary N) is 2. The Kier molecular flexibility index (Phi) is 2.79. The van der Waals surface area contributed by atoms with E-state index in [4.69, 9.17) is 0 Å². The molecular formula is C14H15N5. The van der Waals surface area contributed by atoms with Crippen LogP contribution >= 0.6 is 0 Å². The van der Waals surface area contributed by atoms with Gasteiger partial charge in [0.25, 0.3) is 0 Å². The molecule has 5 heteroatoms. The van der Waals surface area contributed by atoms with E-state index in [1.807, 2.05) is 32.3 Å². The third kappa shape index (κ3) is 2.10. The van der Waals surface area contributed by atoms with Crippen LogP contribution in [0.1, 0.15) is 0 Å². The Hall–Kier alpha value is -2.56. The van der Waals surface area contributed by atoms with E-state index in [9.17, 15) is 0 Å². The molecule has 0 saturated heterocycles. The van der Waals surface area contributed by atoms with E-state index in [1.165, 1.54) is 10.9 Å². The van der Waals surface area contributed by atoms with Crippen molar-refractivity contribution >= 4 is 28.2 Å². The second-order valence-electron chi connectivity index (χ2n) is 4.33. The Labute approximate surface area is 111 Å². The number of anilines is 3. The number of rotatable bonds is 3. The van der Waals surface area contributed by atoms with Crippen LogP contribution in [-0.4, -0.2) is 21.6 Å². The maximum absolute atomic E-state index is 4.23. The van der Waals surface area contributed by atoms with Gasteiger partial charge in [-0.25, -0.2) is 9.97 Å². The van der Waals surface area contributed by atoms with Gasteiger partial charge in [-0.2, -0.15) is 0 Å². The molecule has 2 N–H and O–H groups in total. The Bertz CT molecular complexity index is 717. The van der Waals surface area contributed by atoms with Gasteiger partial charge in [-0.05, 0) is 6.07 Å². The first-order valence-electron chi connectivity index (χ1n) is 6.09. The third-order valence-electron chi connectivity index (χ3n) is 3.08. The molecule has 3 rings (SSSR count). The summed E-state index contributed by atoms with van der Waals surface area (Å²) >= 11 is 0. The summed E-state index contributed by atoms with van der Waals surface area (Å²) in [7, 11) is 3.87. The van der Waals surface area contributed by atoms with Gasteiger partial charge in [-0.15, -0.1) is 0 Å². The summed E-state index contributed by atoms with van der Waals surface area (Å²) in [6, 6.07) is 10.1. The summed E-state index contributed by atoms with van der Waals surface area (Å²) in [5.41, 5.74) is 2.23. The zero-order chi connectivity index (χ0) is 13.2. The monoisotopic (exact) mass is 253 g/mol. The minimum absolute atomic E-state index is 0.774. The normalized spacial score (nSPS) is 10.6. The zero-order valence-corrected chi connectivity index (χ0v) is 10.9. The second kappa shape index (κ2) is 4.61. The summed E-state index contributed by atoms with van der Waals surface area (Å²) in [6.07, 6.45) is 3.60. The van der Waals surface area contributed by atoms with E-state index in [2.05, 4.69) is 43.5 Å². The minimum Gasteiger partial charge on any atom is -0.373 e. The Morgan fingerprint density at radius 2 is 1.89 bits per heavy atom. The van der Waals surface area contributed by atoms with Crippen molar-refractivity contribution in [1.29, 1.82) is 0 Å². The quantitative estimate of drug-likeness (QED) is 0.753. The SMILES string of the molecule is CNc1cc(Nc2cn(C)c3ccccc23)ncn1. The van der Waals surface area contributed by atoms with E-state index in [1.54, 1.807) is 6.33 Å². The van der Waals surface area contributed by atoms with Gasteiger partial charge < -0.3 is 15.2 Å². The predicted molar refractivity (Wildman–Crippen MR) is 77.8 cm³/mol. The average Bonchev–Trinajstić information content (AvgIpc) is 2.76. The van der Waals surface area contributed by atoms with Crippen LogP contribution in [0.5, 0.6) is 0 Å². The molecule has 0 aliphatic carbocycles. The fourth-order valence-electron chi connectivity index (χ4n) is 2.14. The van der Waals surface area contributed by atoms with Gasteiger partial charge in [-0.1, -0.05) is 18.2 Å². The number of hydrogen-bond acceptors (Lipinski definition) is 4. The van der Waals surface area contributed by atoms with Crippen molar-refractivity contribution in [3.05, 3.63) is 42.9 Å². The highest BCUT2D eigenvalue weighted by atomic mass is 15.1. The molecule has 0 radical (unpaired) electrons. The summed E-state index contributed by atoms with van der Waals surface area (Å²) in [5, 5.41) is 7.51. The molecule has 0 saturated carbocycles. The van der Waals surface area contributed by atoms with Crippen molar-refractivity contribution in [2.24, 2.45) is 7.05 Å². The smallest absolute Gasteiger partial charge is 0.135 e. The van der Waals surface area contributed by atoms with Crippen LogP contribution in [0.15, 0.2) is 42.9 Å².